The Kier molecular flexibility index (Phi) is 8.20. The van der Waals surface area contributed by atoms with Crippen LogP contribution in [0.2, 0.25) is 0 Å². The van der Waals surface area contributed by atoms with Crippen molar-refractivity contribution >= 4 is 12.1 Å². The number of benzene rings is 2. The lowest BCUT2D eigenvalue weighted by molar-refractivity contribution is -0.139. The molecule has 2 aromatic carbocycles. The first-order valence-electron chi connectivity index (χ1n) is 9.70. The highest BCUT2D eigenvalue weighted by Crippen LogP contribution is 2.21. The number of hydrogen-bond acceptors (Lipinski definition) is 5. The van der Waals surface area contributed by atoms with Gasteiger partial charge in [-0.15, -0.1) is 0 Å². The van der Waals surface area contributed by atoms with Crippen molar-refractivity contribution in [2.45, 2.75) is 45.4 Å². The van der Waals surface area contributed by atoms with E-state index < -0.39 is 29.5 Å². The van der Waals surface area contributed by atoms with Crippen molar-refractivity contribution < 1.29 is 28.6 Å². The van der Waals surface area contributed by atoms with Gasteiger partial charge in [-0.2, -0.15) is 5.26 Å². The maximum absolute atomic E-state index is 13.7. The lowest BCUT2D eigenvalue weighted by Gasteiger charge is -2.21. The van der Waals surface area contributed by atoms with Crippen LogP contribution in [0.15, 0.2) is 42.5 Å². The molecule has 0 unspecified atom stereocenters. The number of carbonyl (C=O) groups is 2. The van der Waals surface area contributed by atoms with E-state index in [1.54, 1.807) is 45.0 Å². The van der Waals surface area contributed by atoms with E-state index in [2.05, 4.69) is 17.2 Å². The molecule has 0 saturated carbocycles. The van der Waals surface area contributed by atoms with Gasteiger partial charge in [0.15, 0.2) is 0 Å². The SMILES string of the molecule is CC(C)(C)OC(=O)N[C@@H](CC#Cc1ccc(OCc2ccccc2F)c(C#N)c1)C(=O)O. The van der Waals surface area contributed by atoms with Crippen molar-refractivity contribution in [1.82, 2.24) is 5.32 Å². The van der Waals surface area contributed by atoms with Crippen LogP contribution < -0.4 is 10.1 Å². The molecule has 0 radical (unpaired) electrons. The summed E-state index contributed by atoms with van der Waals surface area (Å²) >= 11 is 0. The van der Waals surface area contributed by atoms with Crippen molar-refractivity contribution in [2.75, 3.05) is 0 Å². The molecular weight excluding hydrogens is 415 g/mol. The molecule has 2 aromatic rings. The highest BCUT2D eigenvalue weighted by molar-refractivity contribution is 5.80. The van der Waals surface area contributed by atoms with E-state index >= 15 is 0 Å². The predicted octanol–water partition coefficient (Wildman–Crippen LogP) is 4.00. The number of nitrogens with one attached hydrogen (secondary N) is 1. The Morgan fingerprint density at radius 1 is 1.22 bits per heavy atom. The topological polar surface area (TPSA) is 109 Å². The summed E-state index contributed by atoms with van der Waals surface area (Å²) < 4.78 is 24.3. The number of nitrogens with zero attached hydrogens (tertiary/aromatic N) is 1. The maximum Gasteiger partial charge on any atom is 0.408 e. The normalized spacial score (nSPS) is 11.3. The number of aliphatic carboxylic acids is 1. The van der Waals surface area contributed by atoms with Gasteiger partial charge in [0, 0.05) is 17.5 Å². The number of carboxylic acids is 1. The summed E-state index contributed by atoms with van der Waals surface area (Å²) in [7, 11) is 0. The summed E-state index contributed by atoms with van der Waals surface area (Å²) in [5.41, 5.74) is 0.260. The molecule has 1 amide bonds. The minimum absolute atomic E-state index is 0.0387. The average molecular weight is 438 g/mol. The van der Waals surface area contributed by atoms with Crippen molar-refractivity contribution in [1.29, 1.82) is 5.26 Å². The fourth-order valence-electron chi connectivity index (χ4n) is 2.50. The molecular formula is C24H23FN2O5. The molecule has 0 heterocycles. The number of rotatable bonds is 6. The Morgan fingerprint density at radius 2 is 1.94 bits per heavy atom. The van der Waals surface area contributed by atoms with Gasteiger partial charge in [0.25, 0.3) is 0 Å². The second-order valence-corrected chi connectivity index (χ2v) is 7.75. The van der Waals surface area contributed by atoms with Crippen LogP contribution in [-0.4, -0.2) is 28.8 Å². The zero-order valence-corrected chi connectivity index (χ0v) is 17.9. The standard InChI is InChI=1S/C24H23FN2O5/c1-24(2,3)32-23(30)27-20(22(28)29)10-6-7-16-11-12-21(18(13-16)14-26)31-15-17-8-4-5-9-19(17)25/h4-5,8-9,11-13,20H,10,15H2,1-3H3,(H,27,30)(H,28,29)/t20-/m0/s1. The molecule has 0 aliphatic carbocycles. The second-order valence-electron chi connectivity index (χ2n) is 7.75. The molecule has 2 N–H and O–H groups in total. The van der Waals surface area contributed by atoms with Crippen molar-refractivity contribution in [2.24, 2.45) is 0 Å². The Hall–Kier alpha value is -4.04. The Labute approximate surface area is 185 Å². The largest absolute Gasteiger partial charge is 0.487 e. The first-order chi connectivity index (χ1) is 15.1. The summed E-state index contributed by atoms with van der Waals surface area (Å²) in [5.74, 6) is 4.07. The molecule has 0 fully saturated rings. The smallest absolute Gasteiger partial charge is 0.408 e. The molecule has 8 heteroatoms. The molecule has 0 aromatic heterocycles. The predicted molar refractivity (Wildman–Crippen MR) is 114 cm³/mol. The van der Waals surface area contributed by atoms with E-state index in [0.717, 1.165) is 0 Å². The zero-order valence-electron chi connectivity index (χ0n) is 17.9. The van der Waals surface area contributed by atoms with E-state index in [-0.39, 0.29) is 24.3 Å². The lowest BCUT2D eigenvalue weighted by Crippen LogP contribution is -2.43. The Morgan fingerprint density at radius 3 is 2.56 bits per heavy atom. The van der Waals surface area contributed by atoms with Gasteiger partial charge in [-0.1, -0.05) is 30.0 Å². The third-order valence-corrected chi connectivity index (χ3v) is 3.97. The zero-order chi connectivity index (χ0) is 23.7. The highest BCUT2D eigenvalue weighted by atomic mass is 19.1. The van der Waals surface area contributed by atoms with Crippen LogP contribution >= 0.6 is 0 Å². The quantitative estimate of drug-likeness (QED) is 0.660. The molecule has 166 valence electrons. The number of halogens is 1. The van der Waals surface area contributed by atoms with Crippen molar-refractivity contribution in [3.8, 4) is 23.7 Å². The van der Waals surface area contributed by atoms with Crippen LogP contribution in [0.1, 0.15) is 43.9 Å². The molecule has 0 bridgehead atoms. The lowest BCUT2D eigenvalue weighted by atomic mass is 10.1. The van der Waals surface area contributed by atoms with Gasteiger partial charge in [-0.25, -0.2) is 14.0 Å². The Balaban J connectivity index is 2.05. The molecule has 7 nitrogen and oxygen atoms in total. The average Bonchev–Trinajstić information content (AvgIpc) is 2.71. The molecule has 32 heavy (non-hydrogen) atoms. The molecule has 1 atom stereocenters. The highest BCUT2D eigenvalue weighted by Gasteiger charge is 2.23. The van der Waals surface area contributed by atoms with E-state index in [1.807, 2.05) is 6.07 Å². The molecule has 2 rings (SSSR count). The second kappa shape index (κ2) is 10.8. The summed E-state index contributed by atoms with van der Waals surface area (Å²) in [6.45, 7) is 4.96. The van der Waals surface area contributed by atoms with Gasteiger partial charge < -0.3 is 19.9 Å². The molecule has 0 aliphatic rings. The summed E-state index contributed by atoms with van der Waals surface area (Å²) in [5, 5.41) is 20.9. The maximum atomic E-state index is 13.7. The van der Waals surface area contributed by atoms with Crippen LogP contribution in [-0.2, 0) is 16.1 Å². The van der Waals surface area contributed by atoms with Crippen LogP contribution in [0.5, 0.6) is 5.75 Å². The minimum Gasteiger partial charge on any atom is -0.487 e. The first-order valence-corrected chi connectivity index (χ1v) is 9.70. The number of alkyl carbamates (subject to hydrolysis) is 1. The van der Waals surface area contributed by atoms with Crippen molar-refractivity contribution in [3.05, 3.63) is 65.0 Å². The summed E-state index contributed by atoms with van der Waals surface area (Å²) in [6.07, 6.45) is -1.02. The van der Waals surface area contributed by atoms with Crippen LogP contribution in [0.25, 0.3) is 0 Å². The number of carboxylic acid groups (broad SMARTS) is 1. The fraction of sp³-hybridized carbons (Fsp3) is 0.292. The number of nitriles is 1. The van der Waals surface area contributed by atoms with E-state index in [1.165, 1.54) is 18.2 Å². The van der Waals surface area contributed by atoms with Crippen LogP contribution in [0.3, 0.4) is 0 Å². The van der Waals surface area contributed by atoms with Gasteiger partial charge in [0.05, 0.1) is 5.56 Å². The van der Waals surface area contributed by atoms with Gasteiger partial charge in [-0.05, 0) is 45.0 Å². The van der Waals surface area contributed by atoms with Crippen molar-refractivity contribution in [3.63, 3.8) is 0 Å². The van der Waals surface area contributed by atoms with E-state index in [4.69, 9.17) is 9.47 Å². The minimum atomic E-state index is -1.25. The molecule has 0 aliphatic heterocycles. The van der Waals surface area contributed by atoms with E-state index in [0.29, 0.717) is 11.1 Å². The van der Waals surface area contributed by atoms with Gasteiger partial charge in [0.2, 0.25) is 0 Å². The van der Waals surface area contributed by atoms with Gasteiger partial charge in [-0.3, -0.25) is 0 Å². The van der Waals surface area contributed by atoms with Gasteiger partial charge >= 0.3 is 12.1 Å². The summed E-state index contributed by atoms with van der Waals surface area (Å²) in [6, 6.07) is 11.5. The molecule has 0 spiro atoms. The summed E-state index contributed by atoms with van der Waals surface area (Å²) in [4.78, 5) is 23.2. The number of amides is 1. The third kappa shape index (κ3) is 7.66. The third-order valence-electron chi connectivity index (χ3n) is 3.97. The Bertz CT molecular complexity index is 1090. The first kappa shape index (κ1) is 24.2. The number of ether oxygens (including phenoxy) is 2. The monoisotopic (exact) mass is 438 g/mol. The number of hydrogen-bond donors (Lipinski definition) is 2. The van der Waals surface area contributed by atoms with Crippen LogP contribution in [0.4, 0.5) is 9.18 Å². The number of carbonyl (C=O) groups excluding carboxylic acids is 1. The molecule has 0 saturated heterocycles. The van der Waals surface area contributed by atoms with E-state index in [9.17, 15) is 24.3 Å². The van der Waals surface area contributed by atoms with Crippen LogP contribution in [0, 0.1) is 29.0 Å². The fourth-order valence-corrected chi connectivity index (χ4v) is 2.50. The van der Waals surface area contributed by atoms with Gasteiger partial charge in [0.1, 0.15) is 35.9 Å².